The minimum absolute atomic E-state index is 0.0667. The quantitative estimate of drug-likeness (QED) is 0.940. The zero-order valence-corrected chi connectivity index (χ0v) is 12.0. The first kappa shape index (κ1) is 13.5. The third-order valence-corrected chi connectivity index (χ3v) is 3.54. The number of aromatic carboxylic acids is 1. The SMILES string of the molecule is CN(Cc1ccccc1Br)c1cccnc1C(=O)O. The van der Waals surface area contributed by atoms with Crippen LogP contribution in [0.5, 0.6) is 0 Å². The molecule has 2 rings (SSSR count). The molecule has 0 bridgehead atoms. The summed E-state index contributed by atoms with van der Waals surface area (Å²) >= 11 is 3.49. The van der Waals surface area contributed by atoms with E-state index in [1.807, 2.05) is 36.2 Å². The lowest BCUT2D eigenvalue weighted by Crippen LogP contribution is -2.20. The number of rotatable bonds is 4. The van der Waals surface area contributed by atoms with E-state index in [9.17, 15) is 4.79 Å². The molecule has 0 radical (unpaired) electrons. The average Bonchev–Trinajstić information content (AvgIpc) is 2.41. The molecule has 1 N–H and O–H groups in total. The number of carbonyl (C=O) groups is 1. The fourth-order valence-electron chi connectivity index (χ4n) is 1.84. The van der Waals surface area contributed by atoms with Gasteiger partial charge in [0.25, 0.3) is 0 Å². The first-order valence-electron chi connectivity index (χ1n) is 5.72. The van der Waals surface area contributed by atoms with Crippen molar-refractivity contribution in [2.24, 2.45) is 0 Å². The molecule has 0 atom stereocenters. The summed E-state index contributed by atoms with van der Waals surface area (Å²) in [4.78, 5) is 16.9. The number of anilines is 1. The number of carboxylic acids is 1. The summed E-state index contributed by atoms with van der Waals surface area (Å²) in [5.41, 5.74) is 1.76. The molecule has 0 aliphatic heterocycles. The molecule has 0 aliphatic rings. The molecule has 4 nitrogen and oxygen atoms in total. The smallest absolute Gasteiger partial charge is 0.356 e. The summed E-state index contributed by atoms with van der Waals surface area (Å²) in [6, 6.07) is 11.4. The number of benzene rings is 1. The van der Waals surface area contributed by atoms with Crippen molar-refractivity contribution in [1.29, 1.82) is 0 Å². The van der Waals surface area contributed by atoms with E-state index in [1.165, 1.54) is 6.20 Å². The van der Waals surface area contributed by atoms with Gasteiger partial charge in [0.1, 0.15) is 0 Å². The Balaban J connectivity index is 2.28. The molecular formula is C14H13BrN2O2. The summed E-state index contributed by atoms with van der Waals surface area (Å²) < 4.78 is 1.00. The first-order chi connectivity index (χ1) is 9.09. The van der Waals surface area contributed by atoms with Gasteiger partial charge in [-0.25, -0.2) is 9.78 Å². The molecule has 0 unspecified atom stereocenters. The molecule has 1 aromatic heterocycles. The van der Waals surface area contributed by atoms with Crippen LogP contribution < -0.4 is 4.90 Å². The molecule has 0 amide bonds. The number of aromatic nitrogens is 1. The molecular weight excluding hydrogens is 308 g/mol. The molecule has 5 heteroatoms. The molecule has 98 valence electrons. The highest BCUT2D eigenvalue weighted by Gasteiger charge is 2.15. The van der Waals surface area contributed by atoms with Crippen LogP contribution in [0.25, 0.3) is 0 Å². The largest absolute Gasteiger partial charge is 0.476 e. The van der Waals surface area contributed by atoms with E-state index < -0.39 is 5.97 Å². The van der Waals surface area contributed by atoms with Crippen molar-refractivity contribution >= 4 is 27.6 Å². The summed E-state index contributed by atoms with van der Waals surface area (Å²) in [6.07, 6.45) is 1.49. The highest BCUT2D eigenvalue weighted by molar-refractivity contribution is 9.10. The maximum atomic E-state index is 11.1. The topological polar surface area (TPSA) is 53.4 Å². The number of pyridine rings is 1. The second kappa shape index (κ2) is 5.84. The van der Waals surface area contributed by atoms with Crippen molar-refractivity contribution in [2.75, 3.05) is 11.9 Å². The summed E-state index contributed by atoms with van der Waals surface area (Å²) in [5, 5.41) is 9.14. The van der Waals surface area contributed by atoms with Crippen LogP contribution >= 0.6 is 15.9 Å². The van der Waals surface area contributed by atoms with E-state index in [0.717, 1.165) is 10.0 Å². The molecule has 0 saturated heterocycles. The van der Waals surface area contributed by atoms with Gasteiger partial charge in [-0.1, -0.05) is 34.1 Å². The van der Waals surface area contributed by atoms with Crippen molar-refractivity contribution < 1.29 is 9.90 Å². The van der Waals surface area contributed by atoms with Gasteiger partial charge in [0.2, 0.25) is 0 Å². The van der Waals surface area contributed by atoms with Crippen LogP contribution in [0.3, 0.4) is 0 Å². The van der Waals surface area contributed by atoms with Gasteiger partial charge in [0.05, 0.1) is 5.69 Å². The van der Waals surface area contributed by atoms with Gasteiger partial charge in [-0.2, -0.15) is 0 Å². The molecule has 0 aliphatic carbocycles. The maximum absolute atomic E-state index is 11.1. The van der Waals surface area contributed by atoms with E-state index in [4.69, 9.17) is 5.11 Å². The van der Waals surface area contributed by atoms with Crippen LogP contribution in [0.4, 0.5) is 5.69 Å². The highest BCUT2D eigenvalue weighted by atomic mass is 79.9. The predicted molar refractivity (Wildman–Crippen MR) is 77.4 cm³/mol. The Morgan fingerprint density at radius 1 is 1.32 bits per heavy atom. The van der Waals surface area contributed by atoms with Gasteiger partial charge in [-0.15, -0.1) is 0 Å². The van der Waals surface area contributed by atoms with Gasteiger partial charge in [-0.3, -0.25) is 0 Å². The maximum Gasteiger partial charge on any atom is 0.356 e. The Labute approximate surface area is 119 Å². The predicted octanol–water partition coefficient (Wildman–Crippen LogP) is 3.18. The van der Waals surface area contributed by atoms with E-state index in [-0.39, 0.29) is 5.69 Å². The molecule has 1 aromatic carbocycles. The number of hydrogen-bond donors (Lipinski definition) is 1. The molecule has 0 fully saturated rings. The lowest BCUT2D eigenvalue weighted by atomic mass is 10.2. The second-order valence-corrected chi connectivity index (χ2v) is 4.98. The van der Waals surface area contributed by atoms with E-state index in [0.29, 0.717) is 12.2 Å². The zero-order valence-electron chi connectivity index (χ0n) is 10.4. The van der Waals surface area contributed by atoms with Crippen molar-refractivity contribution in [3.8, 4) is 0 Å². The lowest BCUT2D eigenvalue weighted by molar-refractivity contribution is 0.0691. The average molecular weight is 321 g/mol. The summed E-state index contributed by atoms with van der Waals surface area (Å²) in [6.45, 7) is 0.605. The van der Waals surface area contributed by atoms with E-state index in [1.54, 1.807) is 12.1 Å². The molecule has 19 heavy (non-hydrogen) atoms. The Kier molecular flexibility index (Phi) is 4.16. The van der Waals surface area contributed by atoms with E-state index in [2.05, 4.69) is 20.9 Å². The van der Waals surface area contributed by atoms with Gasteiger partial charge >= 0.3 is 5.97 Å². The van der Waals surface area contributed by atoms with Gasteiger partial charge in [0, 0.05) is 24.3 Å². The Morgan fingerprint density at radius 2 is 2.05 bits per heavy atom. The van der Waals surface area contributed by atoms with Crippen molar-refractivity contribution in [1.82, 2.24) is 4.98 Å². The fraction of sp³-hybridized carbons (Fsp3) is 0.143. The Hall–Kier alpha value is -1.88. The Morgan fingerprint density at radius 3 is 2.74 bits per heavy atom. The van der Waals surface area contributed by atoms with E-state index >= 15 is 0 Å². The number of nitrogens with zero attached hydrogens (tertiary/aromatic N) is 2. The standard InChI is InChI=1S/C14H13BrN2O2/c1-17(9-10-5-2-3-6-11(10)15)12-7-4-8-16-13(12)14(18)19/h2-8H,9H2,1H3,(H,18,19). The molecule has 0 saturated carbocycles. The molecule has 0 spiro atoms. The van der Waals surface area contributed by atoms with Gasteiger partial charge in [-0.05, 0) is 23.8 Å². The molecule has 1 heterocycles. The Bertz CT molecular complexity index is 602. The number of halogens is 1. The number of carboxylic acid groups (broad SMARTS) is 1. The minimum atomic E-state index is -1.02. The normalized spacial score (nSPS) is 10.2. The zero-order chi connectivity index (χ0) is 13.8. The third kappa shape index (κ3) is 3.12. The highest BCUT2D eigenvalue weighted by Crippen LogP contribution is 2.22. The van der Waals surface area contributed by atoms with Gasteiger partial charge < -0.3 is 10.0 Å². The monoisotopic (exact) mass is 320 g/mol. The summed E-state index contributed by atoms with van der Waals surface area (Å²) in [5.74, 6) is -1.02. The van der Waals surface area contributed by atoms with Crippen LogP contribution in [-0.2, 0) is 6.54 Å². The van der Waals surface area contributed by atoms with Crippen LogP contribution in [-0.4, -0.2) is 23.1 Å². The fourth-order valence-corrected chi connectivity index (χ4v) is 2.25. The van der Waals surface area contributed by atoms with Crippen molar-refractivity contribution in [3.05, 3.63) is 58.3 Å². The number of hydrogen-bond acceptors (Lipinski definition) is 3. The van der Waals surface area contributed by atoms with Crippen LogP contribution in [0.15, 0.2) is 47.1 Å². The lowest BCUT2D eigenvalue weighted by Gasteiger charge is -2.21. The molecule has 2 aromatic rings. The van der Waals surface area contributed by atoms with Gasteiger partial charge in [0.15, 0.2) is 5.69 Å². The van der Waals surface area contributed by atoms with Crippen LogP contribution in [0.2, 0.25) is 0 Å². The van der Waals surface area contributed by atoms with Crippen LogP contribution in [0.1, 0.15) is 16.1 Å². The van der Waals surface area contributed by atoms with Crippen LogP contribution in [0, 0.1) is 0 Å². The first-order valence-corrected chi connectivity index (χ1v) is 6.51. The van der Waals surface area contributed by atoms with Crippen molar-refractivity contribution in [3.63, 3.8) is 0 Å². The third-order valence-electron chi connectivity index (χ3n) is 2.77. The van der Waals surface area contributed by atoms with Crippen molar-refractivity contribution in [2.45, 2.75) is 6.54 Å². The minimum Gasteiger partial charge on any atom is -0.476 e. The second-order valence-electron chi connectivity index (χ2n) is 4.12. The summed E-state index contributed by atoms with van der Waals surface area (Å²) in [7, 11) is 1.85.